The van der Waals surface area contributed by atoms with E-state index in [1.807, 2.05) is 0 Å². The smallest absolute Gasteiger partial charge is 0.372 e. The molecule has 4 rings (SSSR count). The Labute approximate surface area is 141 Å². The van der Waals surface area contributed by atoms with Crippen LogP contribution in [-0.4, -0.2) is 28.8 Å². The van der Waals surface area contributed by atoms with Gasteiger partial charge in [-0.15, -0.1) is 0 Å². The maximum atomic E-state index is 13.2. The number of pyridine rings is 2. The van der Waals surface area contributed by atoms with E-state index in [1.54, 1.807) is 25.4 Å². The van der Waals surface area contributed by atoms with E-state index in [2.05, 4.69) is 20.3 Å². The molecule has 1 aliphatic carbocycles. The third kappa shape index (κ3) is 2.09. The van der Waals surface area contributed by atoms with Crippen molar-refractivity contribution in [2.24, 2.45) is 4.99 Å². The summed E-state index contributed by atoms with van der Waals surface area (Å²) >= 11 is 0. The second-order valence-corrected chi connectivity index (χ2v) is 6.01. The van der Waals surface area contributed by atoms with Gasteiger partial charge in [0.2, 0.25) is 0 Å². The van der Waals surface area contributed by atoms with Gasteiger partial charge >= 0.3 is 6.18 Å². The number of hydrogen-bond acceptors (Lipinski definition) is 4. The fraction of sp³-hybridized carbons (Fsp3) is 0.294. The van der Waals surface area contributed by atoms with E-state index in [9.17, 15) is 18.0 Å². The minimum Gasteiger partial charge on any atom is -0.372 e. The number of hydrogen-bond donors (Lipinski definition) is 1. The third-order valence-electron chi connectivity index (χ3n) is 4.75. The summed E-state index contributed by atoms with van der Waals surface area (Å²) in [6.45, 7) is 0. The average Bonchev–Trinajstić information content (AvgIpc) is 2.98. The first-order chi connectivity index (χ1) is 11.9. The van der Waals surface area contributed by atoms with Crippen molar-refractivity contribution in [3.63, 3.8) is 0 Å². The summed E-state index contributed by atoms with van der Waals surface area (Å²) in [5.74, 6) is -0.285. The summed E-state index contributed by atoms with van der Waals surface area (Å²) in [6.07, 6.45) is -2.19. The molecule has 1 N–H and O–H groups in total. The van der Waals surface area contributed by atoms with E-state index in [4.69, 9.17) is 0 Å². The average molecular weight is 346 g/mol. The van der Waals surface area contributed by atoms with Gasteiger partial charge < -0.3 is 5.32 Å². The predicted molar refractivity (Wildman–Crippen MR) is 83.2 cm³/mol. The number of fused-ring (bicyclic) bond motifs is 4. The second-order valence-electron chi connectivity index (χ2n) is 6.01. The summed E-state index contributed by atoms with van der Waals surface area (Å²) in [4.78, 5) is 25.1. The minimum absolute atomic E-state index is 0.0958. The van der Waals surface area contributed by atoms with Crippen LogP contribution in [-0.2, 0) is 22.8 Å². The molecule has 8 heteroatoms. The summed E-state index contributed by atoms with van der Waals surface area (Å²) < 4.78 is 39.6. The fourth-order valence-electron chi connectivity index (χ4n) is 3.62. The Morgan fingerprint density at radius 1 is 1.24 bits per heavy atom. The molecule has 3 heterocycles. The van der Waals surface area contributed by atoms with Gasteiger partial charge in [-0.2, -0.15) is 18.2 Å². The monoisotopic (exact) mass is 346 g/mol. The van der Waals surface area contributed by atoms with Gasteiger partial charge in [-0.25, -0.2) is 4.98 Å². The van der Waals surface area contributed by atoms with E-state index in [0.29, 0.717) is 29.7 Å². The first kappa shape index (κ1) is 15.7. The molecule has 2 aromatic rings. The predicted octanol–water partition coefficient (Wildman–Crippen LogP) is 2.23. The molecule has 0 bridgehead atoms. The molecule has 128 valence electrons. The summed E-state index contributed by atoms with van der Waals surface area (Å²) in [7, 11) is 1.57. The zero-order valence-electron chi connectivity index (χ0n) is 13.2. The third-order valence-corrected chi connectivity index (χ3v) is 4.75. The summed E-state index contributed by atoms with van der Waals surface area (Å²) in [5.41, 5.74) is -0.532. The number of aryl methyl sites for hydroxylation is 1. The zero-order valence-corrected chi connectivity index (χ0v) is 13.2. The van der Waals surface area contributed by atoms with Gasteiger partial charge in [0.25, 0.3) is 5.91 Å². The molecule has 0 saturated heterocycles. The lowest BCUT2D eigenvalue weighted by atomic mass is 9.74. The number of rotatable bonds is 0. The highest BCUT2D eigenvalue weighted by atomic mass is 19.4. The van der Waals surface area contributed by atoms with Gasteiger partial charge in [0.05, 0.1) is 5.69 Å². The molecule has 1 spiro atoms. The number of carbonyl (C=O) groups is 1. The van der Waals surface area contributed by atoms with Crippen molar-refractivity contribution in [2.45, 2.75) is 24.4 Å². The van der Waals surface area contributed by atoms with E-state index in [1.165, 1.54) is 6.07 Å². The maximum Gasteiger partial charge on any atom is 0.433 e. The molecule has 0 saturated carbocycles. The standard InChI is InChI=1S/C17H13F3N4O/c1-21-14-9-4-5-12(17(18,19)20)23-13(9)16(15(25)24-14)7-6-11-10(16)3-2-8-22-11/h2-5,8H,6-7H2,1H3,(H,21,24,25)/t16-/m0/s1. The molecule has 2 aliphatic rings. The van der Waals surface area contributed by atoms with Crippen LogP contribution in [0.2, 0.25) is 0 Å². The number of amides is 1. The molecule has 1 atom stereocenters. The molecule has 5 nitrogen and oxygen atoms in total. The highest BCUT2D eigenvalue weighted by Crippen LogP contribution is 2.47. The van der Waals surface area contributed by atoms with Gasteiger partial charge in [0.15, 0.2) is 0 Å². The lowest BCUT2D eigenvalue weighted by molar-refractivity contribution is -0.141. The van der Waals surface area contributed by atoms with Crippen LogP contribution in [0, 0.1) is 0 Å². The number of aliphatic imine (C=N–C) groups is 1. The molecule has 0 fully saturated rings. The normalized spacial score (nSPS) is 21.8. The number of amidine groups is 1. The van der Waals surface area contributed by atoms with Crippen molar-refractivity contribution < 1.29 is 18.0 Å². The number of nitrogens with one attached hydrogen (secondary N) is 1. The Bertz CT molecular complexity index is 922. The number of halogens is 3. The Hall–Kier alpha value is -2.77. The lowest BCUT2D eigenvalue weighted by Gasteiger charge is -2.32. The molecule has 1 aliphatic heterocycles. The van der Waals surface area contributed by atoms with Gasteiger partial charge in [0.1, 0.15) is 16.9 Å². The Balaban J connectivity index is 2.04. The van der Waals surface area contributed by atoms with E-state index in [-0.39, 0.29) is 11.5 Å². The van der Waals surface area contributed by atoms with Crippen LogP contribution in [0.15, 0.2) is 35.5 Å². The quantitative estimate of drug-likeness (QED) is 0.794. The summed E-state index contributed by atoms with van der Waals surface area (Å²) in [6, 6.07) is 5.62. The number of nitrogens with zero attached hydrogens (tertiary/aromatic N) is 3. The Kier molecular flexibility index (Phi) is 3.22. The van der Waals surface area contributed by atoms with Crippen molar-refractivity contribution in [2.75, 3.05) is 7.05 Å². The highest BCUT2D eigenvalue weighted by Gasteiger charge is 2.53. The molecular weight excluding hydrogens is 333 g/mol. The molecule has 0 radical (unpaired) electrons. The van der Waals surface area contributed by atoms with E-state index in [0.717, 1.165) is 6.07 Å². The van der Waals surface area contributed by atoms with Crippen LogP contribution < -0.4 is 5.32 Å². The molecule has 0 unspecified atom stereocenters. The van der Waals surface area contributed by atoms with Crippen LogP contribution in [0.3, 0.4) is 0 Å². The topological polar surface area (TPSA) is 67.2 Å². The fourth-order valence-corrected chi connectivity index (χ4v) is 3.62. The Morgan fingerprint density at radius 3 is 2.76 bits per heavy atom. The molecule has 1 amide bonds. The number of alkyl halides is 3. The van der Waals surface area contributed by atoms with Crippen LogP contribution in [0.1, 0.15) is 34.6 Å². The first-order valence-electron chi connectivity index (χ1n) is 7.72. The first-order valence-corrected chi connectivity index (χ1v) is 7.72. The van der Waals surface area contributed by atoms with Crippen molar-refractivity contribution in [3.05, 3.63) is 58.7 Å². The van der Waals surface area contributed by atoms with Gasteiger partial charge in [-0.3, -0.25) is 9.78 Å². The number of aromatic nitrogens is 2. The van der Waals surface area contributed by atoms with Crippen LogP contribution in [0.5, 0.6) is 0 Å². The maximum absolute atomic E-state index is 13.2. The van der Waals surface area contributed by atoms with Crippen LogP contribution >= 0.6 is 0 Å². The van der Waals surface area contributed by atoms with Crippen molar-refractivity contribution >= 4 is 11.7 Å². The minimum atomic E-state index is -4.59. The van der Waals surface area contributed by atoms with Crippen molar-refractivity contribution in [1.82, 2.24) is 15.3 Å². The zero-order chi connectivity index (χ0) is 17.8. The second kappa shape index (κ2) is 5.11. The Morgan fingerprint density at radius 2 is 2.04 bits per heavy atom. The van der Waals surface area contributed by atoms with Crippen molar-refractivity contribution in [1.29, 1.82) is 0 Å². The molecule has 0 aromatic carbocycles. The van der Waals surface area contributed by atoms with Crippen LogP contribution in [0.4, 0.5) is 13.2 Å². The molecule has 2 aromatic heterocycles. The largest absolute Gasteiger partial charge is 0.433 e. The SMILES string of the molecule is CNC1=NC(=O)[C@]2(CCc3ncccc32)c2nc(C(F)(F)F)ccc21. The van der Waals surface area contributed by atoms with E-state index >= 15 is 0 Å². The highest BCUT2D eigenvalue weighted by molar-refractivity contribution is 6.13. The number of carbonyl (C=O) groups excluding carboxylic acids is 1. The lowest BCUT2D eigenvalue weighted by Crippen LogP contribution is -2.43. The molecular formula is C17H13F3N4O. The van der Waals surface area contributed by atoms with Crippen molar-refractivity contribution in [3.8, 4) is 0 Å². The van der Waals surface area contributed by atoms with Gasteiger partial charge in [-0.1, -0.05) is 6.07 Å². The van der Waals surface area contributed by atoms with Crippen LogP contribution in [0.25, 0.3) is 0 Å². The molecule has 25 heavy (non-hydrogen) atoms. The van der Waals surface area contributed by atoms with E-state index < -0.39 is 23.2 Å². The van der Waals surface area contributed by atoms with Gasteiger partial charge in [0, 0.05) is 24.5 Å². The summed E-state index contributed by atoms with van der Waals surface area (Å²) in [5, 5.41) is 2.77. The van der Waals surface area contributed by atoms with Gasteiger partial charge in [-0.05, 0) is 36.6 Å².